The first-order chi connectivity index (χ1) is 41.0. The minimum Gasteiger partial charge on any atom is -0.462 e. The Morgan fingerprint density at radius 1 is 0.253 bits per heavy atom. The van der Waals surface area contributed by atoms with E-state index >= 15 is 0 Å². The number of unbranched alkanes of at least 4 members (excludes halogenated alkanes) is 47. The molecule has 1 unspecified atom stereocenters. The van der Waals surface area contributed by atoms with E-state index in [1.165, 1.54) is 270 Å². The minimum atomic E-state index is -0.774. The molecule has 0 aliphatic heterocycles. The van der Waals surface area contributed by atoms with E-state index in [4.69, 9.17) is 14.2 Å². The van der Waals surface area contributed by atoms with Crippen molar-refractivity contribution in [2.75, 3.05) is 13.2 Å². The van der Waals surface area contributed by atoms with E-state index in [1.54, 1.807) is 0 Å². The third kappa shape index (κ3) is 69.8. The number of carbonyl (C=O) groups excluding carboxylic acids is 3. The fraction of sp³-hybridized carbons (Fsp3) is 0.831. The van der Waals surface area contributed by atoms with Crippen LogP contribution >= 0.6 is 0 Å². The number of hydrogen-bond donors (Lipinski definition) is 0. The predicted octanol–water partition coefficient (Wildman–Crippen LogP) is 25.5. The summed E-state index contributed by atoms with van der Waals surface area (Å²) in [5, 5.41) is 0. The van der Waals surface area contributed by atoms with Crippen LogP contribution in [0.4, 0.5) is 0 Å². The van der Waals surface area contributed by atoms with Crippen molar-refractivity contribution < 1.29 is 28.6 Å². The lowest BCUT2D eigenvalue weighted by Gasteiger charge is -2.18. The van der Waals surface area contributed by atoms with Crippen molar-refractivity contribution in [3.05, 3.63) is 60.8 Å². The summed E-state index contributed by atoms with van der Waals surface area (Å²) in [7, 11) is 0. The maximum atomic E-state index is 13.0. The van der Waals surface area contributed by atoms with Crippen molar-refractivity contribution in [3.63, 3.8) is 0 Å². The van der Waals surface area contributed by atoms with Gasteiger partial charge in [0.05, 0.1) is 0 Å². The van der Waals surface area contributed by atoms with E-state index in [1.807, 2.05) is 0 Å². The zero-order valence-electron chi connectivity index (χ0n) is 55.7. The van der Waals surface area contributed by atoms with E-state index in [0.29, 0.717) is 19.3 Å². The van der Waals surface area contributed by atoms with Crippen molar-refractivity contribution in [1.29, 1.82) is 0 Å². The van der Waals surface area contributed by atoms with Crippen molar-refractivity contribution in [2.24, 2.45) is 0 Å². The summed E-state index contributed by atoms with van der Waals surface area (Å²) in [4.78, 5) is 38.5. The second-order valence-corrected chi connectivity index (χ2v) is 24.8. The van der Waals surface area contributed by atoms with Crippen LogP contribution in [0.1, 0.15) is 393 Å². The molecular weight excluding hydrogens is 1020 g/mol. The molecule has 0 spiro atoms. The Hall–Kier alpha value is -2.89. The van der Waals surface area contributed by atoms with Crippen LogP contribution in [-0.2, 0) is 28.6 Å². The Balaban J connectivity index is 4.26. The molecule has 484 valence electrons. The molecule has 6 heteroatoms. The largest absolute Gasteiger partial charge is 0.462 e. The molecule has 0 aromatic carbocycles. The third-order valence-electron chi connectivity index (χ3n) is 16.5. The second-order valence-electron chi connectivity index (χ2n) is 24.8. The van der Waals surface area contributed by atoms with Gasteiger partial charge >= 0.3 is 17.9 Å². The molecule has 6 nitrogen and oxygen atoms in total. The fourth-order valence-electron chi connectivity index (χ4n) is 11.0. The first-order valence-corrected chi connectivity index (χ1v) is 36.8. The van der Waals surface area contributed by atoms with Gasteiger partial charge in [-0.1, -0.05) is 351 Å². The molecule has 0 saturated heterocycles. The highest BCUT2D eigenvalue weighted by atomic mass is 16.6. The van der Waals surface area contributed by atoms with Gasteiger partial charge in [0, 0.05) is 19.3 Å². The molecule has 0 saturated carbocycles. The van der Waals surface area contributed by atoms with Crippen molar-refractivity contribution in [2.45, 2.75) is 399 Å². The van der Waals surface area contributed by atoms with E-state index in [-0.39, 0.29) is 31.1 Å². The lowest BCUT2D eigenvalue weighted by Crippen LogP contribution is -2.30. The molecule has 83 heavy (non-hydrogen) atoms. The SMILES string of the molecule is CC/C=C\C/C=C\C/C=C\C/C=C\CCCCCCCCCCCCCCCCC(=O)OCC(COC(=O)CCCCCCCCCCCCCCCCC)OC(=O)CCCCCCCCCCCCC/C=C\CCCCCCCCCC. The van der Waals surface area contributed by atoms with Crippen LogP contribution in [0.25, 0.3) is 0 Å². The smallest absolute Gasteiger partial charge is 0.306 e. The summed E-state index contributed by atoms with van der Waals surface area (Å²) in [6.07, 6.45) is 92.5. The molecule has 0 rings (SSSR count). The molecule has 0 radical (unpaired) electrons. The van der Waals surface area contributed by atoms with Crippen LogP contribution < -0.4 is 0 Å². The van der Waals surface area contributed by atoms with Gasteiger partial charge in [-0.3, -0.25) is 14.4 Å². The number of ether oxygens (including phenoxy) is 3. The highest BCUT2D eigenvalue weighted by Crippen LogP contribution is 2.18. The van der Waals surface area contributed by atoms with Gasteiger partial charge in [-0.25, -0.2) is 0 Å². The Kier molecular flexibility index (Phi) is 69.1. The van der Waals surface area contributed by atoms with Crippen LogP contribution in [0, 0.1) is 0 Å². The van der Waals surface area contributed by atoms with Crippen LogP contribution in [0.3, 0.4) is 0 Å². The van der Waals surface area contributed by atoms with Gasteiger partial charge < -0.3 is 14.2 Å². The van der Waals surface area contributed by atoms with Gasteiger partial charge in [-0.05, 0) is 83.5 Å². The molecular formula is C77H140O6. The van der Waals surface area contributed by atoms with Gasteiger partial charge in [0.25, 0.3) is 0 Å². The Morgan fingerprint density at radius 3 is 0.747 bits per heavy atom. The molecule has 0 amide bonds. The van der Waals surface area contributed by atoms with Gasteiger partial charge in [-0.2, -0.15) is 0 Å². The van der Waals surface area contributed by atoms with Crippen molar-refractivity contribution >= 4 is 17.9 Å². The molecule has 0 heterocycles. The fourth-order valence-corrected chi connectivity index (χ4v) is 11.0. The highest BCUT2D eigenvalue weighted by Gasteiger charge is 2.19. The molecule has 0 fully saturated rings. The lowest BCUT2D eigenvalue weighted by molar-refractivity contribution is -0.167. The van der Waals surface area contributed by atoms with Crippen LogP contribution in [-0.4, -0.2) is 37.2 Å². The molecule has 1 atom stereocenters. The summed E-state index contributed by atoms with van der Waals surface area (Å²) in [5.41, 5.74) is 0. The summed E-state index contributed by atoms with van der Waals surface area (Å²) in [6.45, 7) is 6.60. The molecule has 0 bridgehead atoms. The monoisotopic (exact) mass is 1160 g/mol. The Labute approximate surface area is 517 Å². The maximum Gasteiger partial charge on any atom is 0.306 e. The van der Waals surface area contributed by atoms with Gasteiger partial charge in [-0.15, -0.1) is 0 Å². The normalized spacial score (nSPS) is 12.4. The zero-order chi connectivity index (χ0) is 59.9. The van der Waals surface area contributed by atoms with E-state index in [9.17, 15) is 14.4 Å². The summed E-state index contributed by atoms with van der Waals surface area (Å²) >= 11 is 0. The van der Waals surface area contributed by atoms with E-state index in [2.05, 4.69) is 81.5 Å². The van der Waals surface area contributed by atoms with E-state index < -0.39 is 6.10 Å². The summed E-state index contributed by atoms with van der Waals surface area (Å²) in [6, 6.07) is 0. The molecule has 0 aromatic heterocycles. The number of hydrogen-bond acceptors (Lipinski definition) is 6. The van der Waals surface area contributed by atoms with Gasteiger partial charge in [0.2, 0.25) is 0 Å². The number of carbonyl (C=O) groups is 3. The Bertz CT molecular complexity index is 1470. The first-order valence-electron chi connectivity index (χ1n) is 36.8. The summed E-state index contributed by atoms with van der Waals surface area (Å²) < 4.78 is 17.0. The second kappa shape index (κ2) is 71.6. The average Bonchev–Trinajstić information content (AvgIpc) is 3.49. The number of allylic oxidation sites excluding steroid dienone is 10. The Morgan fingerprint density at radius 2 is 0.470 bits per heavy atom. The van der Waals surface area contributed by atoms with Gasteiger partial charge in [0.1, 0.15) is 13.2 Å². The first kappa shape index (κ1) is 80.1. The van der Waals surface area contributed by atoms with Crippen LogP contribution in [0.2, 0.25) is 0 Å². The summed E-state index contributed by atoms with van der Waals surface area (Å²) in [5.74, 6) is -0.841. The molecule has 0 aliphatic carbocycles. The van der Waals surface area contributed by atoms with Crippen molar-refractivity contribution in [1.82, 2.24) is 0 Å². The standard InChI is InChI=1S/C77H140O6/c1-4-7-10-13-16-19-22-25-28-30-32-34-36-37-38-39-41-42-44-46-49-52-55-58-61-64-67-70-76(79)82-73-74(72-81-75(78)69-66-63-60-57-54-51-48-27-24-21-18-15-12-9-6-3)83-77(80)71-68-65-62-59-56-53-50-47-45-43-40-35-33-31-29-26-23-20-17-14-11-8-5-2/h7,10,16,19,25,28,31-34,74H,4-6,8-9,11-15,17-18,20-24,26-27,29-30,35-73H2,1-3H3/b10-7-,19-16-,28-25-,33-31-,34-32-. The minimum absolute atomic E-state index is 0.0686. The van der Waals surface area contributed by atoms with E-state index in [0.717, 1.165) is 83.5 Å². The van der Waals surface area contributed by atoms with Crippen molar-refractivity contribution in [3.8, 4) is 0 Å². The van der Waals surface area contributed by atoms with Gasteiger partial charge in [0.15, 0.2) is 6.10 Å². The van der Waals surface area contributed by atoms with Crippen LogP contribution in [0.15, 0.2) is 60.8 Å². The molecule has 0 aromatic rings. The average molecular weight is 1160 g/mol. The lowest BCUT2D eigenvalue weighted by atomic mass is 10.0. The number of esters is 3. The number of rotatable bonds is 68. The maximum absolute atomic E-state index is 13.0. The molecule has 0 N–H and O–H groups in total. The molecule has 0 aliphatic rings. The topological polar surface area (TPSA) is 78.9 Å². The third-order valence-corrected chi connectivity index (χ3v) is 16.5. The predicted molar refractivity (Wildman–Crippen MR) is 362 cm³/mol. The highest BCUT2D eigenvalue weighted by molar-refractivity contribution is 5.71. The van der Waals surface area contributed by atoms with Crippen LogP contribution in [0.5, 0.6) is 0 Å². The zero-order valence-corrected chi connectivity index (χ0v) is 55.7. The quantitative estimate of drug-likeness (QED) is 0.0261.